The van der Waals surface area contributed by atoms with Gasteiger partial charge < -0.3 is 0 Å². The zero-order chi connectivity index (χ0) is 71.1. The summed E-state index contributed by atoms with van der Waals surface area (Å²) in [7, 11) is 0. The van der Waals surface area contributed by atoms with Gasteiger partial charge in [0.1, 0.15) is 0 Å². The van der Waals surface area contributed by atoms with Crippen molar-refractivity contribution in [3.8, 4) is 0 Å². The van der Waals surface area contributed by atoms with Gasteiger partial charge in [0.05, 0.1) is 0 Å². The molecule has 0 amide bonds. The second-order valence-electron chi connectivity index (χ2n) is 17.4. The van der Waals surface area contributed by atoms with Crippen molar-refractivity contribution in [3.63, 3.8) is 0 Å². The van der Waals surface area contributed by atoms with Gasteiger partial charge in [-0.05, 0) is 37.0 Å². The Morgan fingerprint density at radius 3 is 0.483 bits per heavy atom. The lowest BCUT2D eigenvalue weighted by molar-refractivity contribution is -0.461. The van der Waals surface area contributed by atoms with Gasteiger partial charge in [-0.25, -0.2) is 0 Å². The number of alkyl halides is 51. The molecule has 0 radical (unpaired) electrons. The molecule has 0 aliphatic carbocycles. The van der Waals surface area contributed by atoms with Gasteiger partial charge >= 0.3 is 143 Å². The van der Waals surface area contributed by atoms with Crippen molar-refractivity contribution in [2.75, 3.05) is 0 Å². The van der Waals surface area contributed by atoms with Gasteiger partial charge in [0.2, 0.25) is 0 Å². The maximum absolute atomic E-state index is 14.7. The molecule has 0 unspecified atom stereocenters. The largest absolute Gasteiger partial charge is 0.460 e. The highest BCUT2D eigenvalue weighted by Gasteiger charge is 2.98. The molecule has 0 spiro atoms. The Morgan fingerprint density at radius 1 is 0.184 bits per heavy atom. The van der Waals surface area contributed by atoms with Crippen LogP contribution in [0.4, 0.5) is 224 Å². The van der Waals surface area contributed by atoms with Crippen LogP contribution >= 0.6 is 0 Å². The number of hydrogen-bond acceptors (Lipinski definition) is 1. The zero-order valence-electron chi connectivity index (χ0n) is 38.6. The number of pyridine rings is 1. The maximum Gasteiger partial charge on any atom is 0.460 e. The third kappa shape index (κ3) is 11.2. The Hall–Kier alpha value is -4.42. The van der Waals surface area contributed by atoms with Crippen LogP contribution in [0.2, 0.25) is 0 Å². The third-order valence-electron chi connectivity index (χ3n) is 11.5. The standard InChI is InChI=1S/C35H14F51N/c36-12(37,15(42,43)18(48,49)21(54,55)24(60,61)27(66,67)30(72,73)33(78,79)80)4-1-9-7-10(2-5-13(38,39)16(44,45)19(50,51)22(56,57)25(62,63)28(68,69)31(74,75)34(81,82)83)87-11(8-9)3-6-14(40,41)17(46,47)20(52,53)23(58,59)26(64,65)29(70,71)32(76,77)35(84,85)86/h7-8H,1-6H2. The minimum atomic E-state index is -9.42. The van der Waals surface area contributed by atoms with Crippen LogP contribution in [0, 0.1) is 0 Å². The molecular formula is C35H14F51N. The summed E-state index contributed by atoms with van der Waals surface area (Å²) in [6, 6.07) is -1.87. The Balaban J connectivity index is 4.27. The molecule has 87 heavy (non-hydrogen) atoms. The van der Waals surface area contributed by atoms with Crippen molar-refractivity contribution < 1.29 is 224 Å². The minimum Gasteiger partial charge on any atom is -0.258 e. The van der Waals surface area contributed by atoms with Crippen LogP contribution < -0.4 is 0 Å². The molecule has 0 saturated heterocycles. The average molecular weight is 1420 g/mol. The monoisotopic (exact) mass is 1420 g/mol. The lowest BCUT2D eigenvalue weighted by Gasteiger charge is -2.43. The fourth-order valence-electron chi connectivity index (χ4n) is 6.05. The molecule has 1 aromatic heterocycles. The number of aryl methyl sites for hydroxylation is 3. The highest BCUT2D eigenvalue weighted by Crippen LogP contribution is 2.68. The summed E-state index contributed by atoms with van der Waals surface area (Å²) in [6.07, 6.45) is -46.3. The van der Waals surface area contributed by atoms with E-state index in [-0.39, 0.29) is 0 Å². The maximum atomic E-state index is 14.7. The fourth-order valence-corrected chi connectivity index (χ4v) is 6.05. The first-order valence-electron chi connectivity index (χ1n) is 20.1. The van der Waals surface area contributed by atoms with Gasteiger partial charge in [-0.3, -0.25) is 4.98 Å². The molecule has 0 aliphatic rings. The molecular weight excluding hydrogens is 1400 g/mol. The number of rotatable bonds is 27. The summed E-state index contributed by atoms with van der Waals surface area (Å²) in [6.45, 7) is 0. The van der Waals surface area contributed by atoms with Crippen LogP contribution in [0.5, 0.6) is 0 Å². The van der Waals surface area contributed by atoms with E-state index in [4.69, 9.17) is 0 Å². The molecule has 0 N–H and O–H groups in total. The van der Waals surface area contributed by atoms with Crippen LogP contribution in [-0.4, -0.2) is 148 Å². The quantitative estimate of drug-likeness (QED) is 0.0800. The molecule has 0 aliphatic heterocycles. The van der Waals surface area contributed by atoms with E-state index in [1.54, 1.807) is 0 Å². The van der Waals surface area contributed by atoms with Crippen molar-refractivity contribution in [1.29, 1.82) is 0 Å². The van der Waals surface area contributed by atoms with E-state index in [1.165, 1.54) is 0 Å². The smallest absolute Gasteiger partial charge is 0.258 e. The second kappa shape index (κ2) is 21.3. The summed E-state index contributed by atoms with van der Waals surface area (Å²) in [5, 5.41) is 0. The van der Waals surface area contributed by atoms with Crippen molar-refractivity contribution >= 4 is 0 Å². The van der Waals surface area contributed by atoms with E-state index in [1.807, 2.05) is 0 Å². The molecule has 0 atom stereocenters. The molecule has 0 fully saturated rings. The van der Waals surface area contributed by atoms with Crippen LogP contribution in [0.1, 0.15) is 36.2 Å². The van der Waals surface area contributed by atoms with E-state index >= 15 is 0 Å². The topological polar surface area (TPSA) is 12.9 Å². The second-order valence-corrected chi connectivity index (χ2v) is 17.4. The lowest BCUT2D eigenvalue weighted by Crippen LogP contribution is -2.74. The highest BCUT2D eigenvalue weighted by atomic mass is 19.5. The molecule has 516 valence electrons. The number of hydrogen-bond donors (Lipinski definition) is 0. The highest BCUT2D eigenvalue weighted by molar-refractivity contribution is 5.25. The van der Waals surface area contributed by atoms with Crippen molar-refractivity contribution in [3.05, 3.63) is 29.1 Å². The third-order valence-corrected chi connectivity index (χ3v) is 11.5. The van der Waals surface area contributed by atoms with E-state index in [2.05, 4.69) is 4.98 Å². The summed E-state index contributed by atoms with van der Waals surface area (Å²) >= 11 is 0. The molecule has 1 aromatic rings. The van der Waals surface area contributed by atoms with Gasteiger partial charge in [-0.2, -0.15) is 224 Å². The van der Waals surface area contributed by atoms with E-state index in [0.29, 0.717) is 0 Å². The Labute approximate surface area is 440 Å². The summed E-state index contributed by atoms with van der Waals surface area (Å²) in [5.41, 5.74) is -7.46. The Kier molecular flexibility index (Phi) is 19.8. The Bertz CT molecular complexity index is 2280. The van der Waals surface area contributed by atoms with Gasteiger partial charge in [0, 0.05) is 30.7 Å². The SMILES string of the molecule is FC(F)(F)C(F)(F)C(F)(F)C(F)(F)C(F)(F)C(F)(F)C(F)(F)C(F)(F)CCc1cc(CCC(F)(F)C(F)(F)C(F)(F)C(F)(F)C(F)(F)C(F)(F)C(F)(F)C(F)(F)F)nc(CCC(F)(F)C(F)(F)C(F)(F)C(F)(F)C(F)(F)C(F)(F)C(F)(F)C(F)(F)F)c1. The molecule has 0 saturated carbocycles. The minimum absolute atomic E-state index is 0.937. The van der Waals surface area contributed by atoms with Gasteiger partial charge in [0.25, 0.3) is 0 Å². The normalized spacial score (nSPS) is 16.7. The summed E-state index contributed by atoms with van der Waals surface area (Å²) in [5.74, 6) is -188. The molecule has 1 heterocycles. The predicted octanol–water partition coefficient (Wildman–Crippen LogP) is 18.9. The Morgan fingerprint density at radius 2 is 0.322 bits per heavy atom. The van der Waals surface area contributed by atoms with Crippen LogP contribution in [0.3, 0.4) is 0 Å². The van der Waals surface area contributed by atoms with Gasteiger partial charge in [-0.1, -0.05) is 0 Å². The summed E-state index contributed by atoms with van der Waals surface area (Å²) < 4.78 is 700. The van der Waals surface area contributed by atoms with E-state index in [0.717, 1.165) is 0 Å². The van der Waals surface area contributed by atoms with Gasteiger partial charge in [0.15, 0.2) is 0 Å². The number of nitrogens with zero attached hydrogens (tertiary/aromatic N) is 1. The molecule has 1 rings (SSSR count). The van der Waals surface area contributed by atoms with Gasteiger partial charge in [-0.15, -0.1) is 0 Å². The van der Waals surface area contributed by atoms with Crippen molar-refractivity contribution in [2.45, 2.75) is 181 Å². The first kappa shape index (κ1) is 80.6. The lowest BCUT2D eigenvalue weighted by atomic mass is 9.87. The van der Waals surface area contributed by atoms with Crippen molar-refractivity contribution in [2.24, 2.45) is 0 Å². The molecule has 0 aromatic carbocycles. The molecule has 52 heteroatoms. The van der Waals surface area contributed by atoms with Crippen LogP contribution in [0.15, 0.2) is 12.1 Å². The fraction of sp³-hybridized carbons (Fsp3) is 0.857. The summed E-state index contributed by atoms with van der Waals surface area (Å²) in [4.78, 5) is 2.32. The van der Waals surface area contributed by atoms with E-state index in [9.17, 15) is 224 Å². The molecule has 1 nitrogen and oxygen atoms in total. The number of halogens is 51. The predicted molar refractivity (Wildman–Crippen MR) is 171 cm³/mol. The molecule has 0 bridgehead atoms. The van der Waals surface area contributed by atoms with Crippen LogP contribution in [0.25, 0.3) is 0 Å². The number of aromatic nitrogens is 1. The van der Waals surface area contributed by atoms with Crippen LogP contribution in [-0.2, 0) is 19.3 Å². The van der Waals surface area contributed by atoms with Crippen molar-refractivity contribution in [1.82, 2.24) is 4.98 Å². The first-order valence-corrected chi connectivity index (χ1v) is 20.1. The first-order chi connectivity index (χ1) is 37.0. The zero-order valence-corrected chi connectivity index (χ0v) is 38.6. The average Bonchev–Trinajstić information content (AvgIpc) is 0.758. The van der Waals surface area contributed by atoms with E-state index < -0.39 is 211 Å².